The summed E-state index contributed by atoms with van der Waals surface area (Å²) >= 11 is 1.32. The molecule has 0 bridgehead atoms. The van der Waals surface area contributed by atoms with Crippen LogP contribution in [0.25, 0.3) is 11.5 Å². The van der Waals surface area contributed by atoms with E-state index >= 15 is 0 Å². The summed E-state index contributed by atoms with van der Waals surface area (Å²) in [6.45, 7) is 2.67. The second-order valence-electron chi connectivity index (χ2n) is 5.67. The molecule has 0 atom stereocenters. The fourth-order valence-corrected chi connectivity index (χ4v) is 3.40. The highest BCUT2D eigenvalue weighted by Crippen LogP contribution is 2.29. The molecule has 1 aromatic carbocycles. The number of carbonyl (C=O) groups excluding carboxylic acids is 1. The van der Waals surface area contributed by atoms with Crippen molar-refractivity contribution in [3.63, 3.8) is 0 Å². The number of methoxy groups -OCH3 is 2. The Morgan fingerprint density at radius 1 is 1.18 bits per heavy atom. The minimum absolute atomic E-state index is 0.179. The molecule has 3 rings (SSSR count). The van der Waals surface area contributed by atoms with E-state index in [1.165, 1.54) is 11.8 Å². The van der Waals surface area contributed by atoms with Crippen molar-refractivity contribution < 1.29 is 14.3 Å². The van der Waals surface area contributed by atoms with Crippen LogP contribution in [0.3, 0.4) is 0 Å². The molecule has 0 radical (unpaired) electrons. The van der Waals surface area contributed by atoms with Gasteiger partial charge in [-0.05, 0) is 31.2 Å². The molecule has 0 aliphatic rings. The second kappa shape index (κ2) is 9.23. The lowest BCUT2D eigenvalue weighted by atomic mass is 10.2. The Kier molecular flexibility index (Phi) is 6.49. The van der Waals surface area contributed by atoms with Gasteiger partial charge in [0.25, 0.3) is 0 Å². The van der Waals surface area contributed by atoms with Gasteiger partial charge < -0.3 is 19.4 Å². The van der Waals surface area contributed by atoms with Crippen molar-refractivity contribution in [1.29, 1.82) is 0 Å². The molecule has 28 heavy (non-hydrogen) atoms. The van der Waals surface area contributed by atoms with Gasteiger partial charge in [0, 0.05) is 18.8 Å². The molecule has 9 heteroatoms. The number of anilines is 1. The first-order valence-corrected chi connectivity index (χ1v) is 9.64. The Morgan fingerprint density at radius 3 is 2.71 bits per heavy atom. The number of aromatic nitrogens is 4. The van der Waals surface area contributed by atoms with Gasteiger partial charge in [0.05, 0.1) is 25.7 Å². The van der Waals surface area contributed by atoms with Crippen LogP contribution in [0.1, 0.15) is 6.92 Å². The maximum Gasteiger partial charge on any atom is 0.234 e. The number of hydrogen-bond acceptors (Lipinski definition) is 7. The van der Waals surface area contributed by atoms with Gasteiger partial charge in [0.15, 0.2) is 11.0 Å². The third kappa shape index (κ3) is 4.42. The third-order valence-corrected chi connectivity index (χ3v) is 4.91. The van der Waals surface area contributed by atoms with E-state index in [4.69, 9.17) is 9.47 Å². The SMILES string of the molecule is CCn1c(SCC(=O)Nc2cc(OC)ccc2OC)nnc1-c1ccccn1. The van der Waals surface area contributed by atoms with Gasteiger partial charge in [-0.15, -0.1) is 10.2 Å². The molecule has 0 spiro atoms. The molecule has 0 fully saturated rings. The zero-order chi connectivity index (χ0) is 19.9. The summed E-state index contributed by atoms with van der Waals surface area (Å²) in [4.78, 5) is 16.8. The lowest BCUT2D eigenvalue weighted by molar-refractivity contribution is -0.113. The summed E-state index contributed by atoms with van der Waals surface area (Å²) in [6.07, 6.45) is 1.71. The lowest BCUT2D eigenvalue weighted by Crippen LogP contribution is -2.15. The summed E-state index contributed by atoms with van der Waals surface area (Å²) in [7, 11) is 3.12. The number of pyridine rings is 1. The van der Waals surface area contributed by atoms with Crippen LogP contribution in [0.2, 0.25) is 0 Å². The highest BCUT2D eigenvalue weighted by molar-refractivity contribution is 7.99. The van der Waals surface area contributed by atoms with E-state index in [9.17, 15) is 4.79 Å². The molecule has 2 aromatic heterocycles. The number of carbonyl (C=O) groups is 1. The van der Waals surface area contributed by atoms with E-state index in [1.54, 1.807) is 38.6 Å². The zero-order valence-electron chi connectivity index (χ0n) is 15.9. The zero-order valence-corrected chi connectivity index (χ0v) is 16.7. The van der Waals surface area contributed by atoms with E-state index in [0.717, 1.165) is 5.69 Å². The first-order chi connectivity index (χ1) is 13.7. The number of rotatable bonds is 8. The standard InChI is InChI=1S/C19H21N5O3S/c1-4-24-18(14-7-5-6-10-20-14)22-23-19(24)28-12-17(25)21-15-11-13(26-2)8-9-16(15)27-3/h5-11H,4,12H2,1-3H3,(H,21,25). The minimum atomic E-state index is -0.179. The van der Waals surface area contributed by atoms with Gasteiger partial charge in [-0.1, -0.05) is 17.8 Å². The molecule has 3 aromatic rings. The average Bonchev–Trinajstić information content (AvgIpc) is 3.15. The van der Waals surface area contributed by atoms with Crippen LogP contribution in [0, 0.1) is 0 Å². The van der Waals surface area contributed by atoms with Crippen LogP contribution in [0.4, 0.5) is 5.69 Å². The molecule has 0 unspecified atom stereocenters. The number of ether oxygens (including phenoxy) is 2. The number of benzene rings is 1. The fraction of sp³-hybridized carbons (Fsp3) is 0.263. The summed E-state index contributed by atoms with van der Waals surface area (Å²) in [5.41, 5.74) is 1.30. The fourth-order valence-electron chi connectivity index (χ4n) is 2.59. The maximum atomic E-state index is 12.4. The van der Waals surface area contributed by atoms with Crippen LogP contribution >= 0.6 is 11.8 Å². The van der Waals surface area contributed by atoms with Crippen LogP contribution < -0.4 is 14.8 Å². The molecule has 0 aliphatic carbocycles. The number of thioether (sulfide) groups is 1. The third-order valence-electron chi connectivity index (χ3n) is 3.94. The van der Waals surface area contributed by atoms with Crippen LogP contribution in [-0.2, 0) is 11.3 Å². The topological polar surface area (TPSA) is 91.2 Å². The van der Waals surface area contributed by atoms with Gasteiger partial charge in [-0.3, -0.25) is 9.78 Å². The van der Waals surface area contributed by atoms with Crippen molar-refractivity contribution in [2.45, 2.75) is 18.6 Å². The summed E-state index contributed by atoms with van der Waals surface area (Å²) in [6, 6.07) is 10.9. The average molecular weight is 399 g/mol. The van der Waals surface area contributed by atoms with Crippen molar-refractivity contribution in [3.05, 3.63) is 42.6 Å². The minimum Gasteiger partial charge on any atom is -0.497 e. The first-order valence-electron chi connectivity index (χ1n) is 8.65. The van der Waals surface area contributed by atoms with E-state index in [1.807, 2.05) is 29.7 Å². The predicted octanol–water partition coefficient (Wildman–Crippen LogP) is 3.11. The Bertz CT molecular complexity index is 946. The highest BCUT2D eigenvalue weighted by atomic mass is 32.2. The van der Waals surface area contributed by atoms with Gasteiger partial charge in [0.2, 0.25) is 5.91 Å². The number of nitrogens with one attached hydrogen (secondary N) is 1. The Hall–Kier alpha value is -3.07. The largest absolute Gasteiger partial charge is 0.497 e. The Labute approximate surface area is 167 Å². The summed E-state index contributed by atoms with van der Waals surface area (Å²) in [5, 5.41) is 12.0. The molecule has 1 amide bonds. The van der Waals surface area contributed by atoms with E-state index in [-0.39, 0.29) is 11.7 Å². The summed E-state index contributed by atoms with van der Waals surface area (Å²) < 4.78 is 12.4. The van der Waals surface area contributed by atoms with Gasteiger partial charge >= 0.3 is 0 Å². The molecular formula is C19H21N5O3S. The number of amides is 1. The van der Waals surface area contributed by atoms with Crippen LogP contribution in [-0.4, -0.2) is 45.6 Å². The van der Waals surface area contributed by atoms with Gasteiger partial charge in [-0.2, -0.15) is 0 Å². The second-order valence-corrected chi connectivity index (χ2v) is 6.61. The first kappa shape index (κ1) is 19.7. The molecule has 8 nitrogen and oxygen atoms in total. The monoisotopic (exact) mass is 399 g/mol. The lowest BCUT2D eigenvalue weighted by Gasteiger charge is -2.11. The predicted molar refractivity (Wildman–Crippen MR) is 108 cm³/mol. The van der Waals surface area contributed by atoms with Crippen molar-refractivity contribution in [1.82, 2.24) is 19.7 Å². The number of nitrogens with zero attached hydrogens (tertiary/aromatic N) is 4. The Balaban J connectivity index is 1.69. The molecule has 146 valence electrons. The molecule has 0 saturated carbocycles. The molecule has 0 aliphatic heterocycles. The van der Waals surface area contributed by atoms with E-state index in [2.05, 4.69) is 20.5 Å². The summed E-state index contributed by atoms with van der Waals surface area (Å²) in [5.74, 6) is 1.88. The van der Waals surface area contributed by atoms with Crippen molar-refractivity contribution in [2.24, 2.45) is 0 Å². The van der Waals surface area contributed by atoms with Gasteiger partial charge in [-0.25, -0.2) is 0 Å². The molecule has 2 heterocycles. The molecule has 1 N–H and O–H groups in total. The van der Waals surface area contributed by atoms with Crippen molar-refractivity contribution in [3.8, 4) is 23.0 Å². The smallest absolute Gasteiger partial charge is 0.234 e. The van der Waals surface area contributed by atoms with Crippen LogP contribution in [0.5, 0.6) is 11.5 Å². The maximum absolute atomic E-state index is 12.4. The van der Waals surface area contributed by atoms with Crippen molar-refractivity contribution in [2.75, 3.05) is 25.3 Å². The van der Waals surface area contributed by atoms with Crippen molar-refractivity contribution >= 4 is 23.4 Å². The highest BCUT2D eigenvalue weighted by Gasteiger charge is 2.16. The van der Waals surface area contributed by atoms with E-state index < -0.39 is 0 Å². The van der Waals surface area contributed by atoms with Gasteiger partial charge in [0.1, 0.15) is 17.2 Å². The number of hydrogen-bond donors (Lipinski definition) is 1. The quantitative estimate of drug-likeness (QED) is 0.582. The molecule has 0 saturated heterocycles. The normalized spacial score (nSPS) is 10.5. The molecular weight excluding hydrogens is 378 g/mol. The van der Waals surface area contributed by atoms with E-state index in [0.29, 0.717) is 34.7 Å². The Morgan fingerprint density at radius 2 is 2.04 bits per heavy atom. The van der Waals surface area contributed by atoms with Crippen LogP contribution in [0.15, 0.2) is 47.8 Å².